The van der Waals surface area contributed by atoms with E-state index in [-0.39, 0.29) is 5.04 Å². The number of para-hydroxylation sites is 1. The standard InChI is InChI=1S/C29H38OSi/c1-7-8-9-10-11-12-13-18-25-19-14-15-20-26(25)23-24-27-21-16-17-22-28(27)30-31(5,6)29(2,3)4/h14-17,19-22H,7-12H2,1-6H3. The van der Waals surface area contributed by atoms with Gasteiger partial charge in [0.25, 0.3) is 8.32 Å². The molecule has 0 spiro atoms. The largest absolute Gasteiger partial charge is 0.543 e. The first-order valence-corrected chi connectivity index (χ1v) is 14.5. The van der Waals surface area contributed by atoms with E-state index in [1.54, 1.807) is 0 Å². The van der Waals surface area contributed by atoms with Crippen molar-refractivity contribution in [1.29, 1.82) is 0 Å². The van der Waals surface area contributed by atoms with Crippen molar-refractivity contribution < 1.29 is 4.43 Å². The lowest BCUT2D eigenvalue weighted by Crippen LogP contribution is -2.44. The fourth-order valence-electron chi connectivity index (χ4n) is 2.90. The molecule has 0 aromatic heterocycles. The summed E-state index contributed by atoms with van der Waals surface area (Å²) in [6, 6.07) is 16.3. The Balaban J connectivity index is 2.17. The Labute approximate surface area is 191 Å². The highest BCUT2D eigenvalue weighted by molar-refractivity contribution is 6.74. The number of unbranched alkanes of at least 4 members (excludes halogenated alkanes) is 5. The van der Waals surface area contributed by atoms with Crippen LogP contribution in [0.25, 0.3) is 0 Å². The smallest absolute Gasteiger partial charge is 0.250 e. The second-order valence-electron chi connectivity index (χ2n) is 9.62. The predicted molar refractivity (Wildman–Crippen MR) is 137 cm³/mol. The maximum Gasteiger partial charge on any atom is 0.250 e. The molecule has 0 heterocycles. The molecule has 0 amide bonds. The third-order valence-electron chi connectivity index (χ3n) is 5.95. The van der Waals surface area contributed by atoms with E-state index in [1.807, 2.05) is 36.4 Å². The summed E-state index contributed by atoms with van der Waals surface area (Å²) in [5.41, 5.74) is 2.92. The van der Waals surface area contributed by atoms with E-state index < -0.39 is 8.32 Å². The third-order valence-corrected chi connectivity index (χ3v) is 10.3. The first-order chi connectivity index (χ1) is 14.7. The Morgan fingerprint density at radius 3 is 1.94 bits per heavy atom. The normalized spacial score (nSPS) is 11.2. The Morgan fingerprint density at radius 2 is 1.29 bits per heavy atom. The summed E-state index contributed by atoms with van der Waals surface area (Å²) in [5, 5.41) is 0.145. The van der Waals surface area contributed by atoms with Gasteiger partial charge in [0.2, 0.25) is 0 Å². The van der Waals surface area contributed by atoms with Crippen LogP contribution in [0.4, 0.5) is 0 Å². The van der Waals surface area contributed by atoms with Crippen molar-refractivity contribution in [3.05, 3.63) is 65.2 Å². The molecule has 0 unspecified atom stereocenters. The molecule has 2 heteroatoms. The highest BCUT2D eigenvalue weighted by Crippen LogP contribution is 2.38. The van der Waals surface area contributed by atoms with Gasteiger partial charge in [0.05, 0.1) is 5.56 Å². The second-order valence-corrected chi connectivity index (χ2v) is 14.3. The van der Waals surface area contributed by atoms with Gasteiger partial charge in [-0.15, -0.1) is 0 Å². The lowest BCUT2D eigenvalue weighted by atomic mass is 10.1. The fourth-order valence-corrected chi connectivity index (χ4v) is 3.93. The fraction of sp³-hybridized carbons (Fsp3) is 0.448. The van der Waals surface area contributed by atoms with Crippen molar-refractivity contribution >= 4 is 8.32 Å². The molecule has 0 atom stereocenters. The van der Waals surface area contributed by atoms with Gasteiger partial charge in [0.1, 0.15) is 5.75 Å². The average Bonchev–Trinajstić information content (AvgIpc) is 2.72. The molecule has 2 aromatic carbocycles. The van der Waals surface area contributed by atoms with Crippen molar-refractivity contribution in [3.63, 3.8) is 0 Å². The van der Waals surface area contributed by atoms with Gasteiger partial charge >= 0.3 is 0 Å². The lowest BCUT2D eigenvalue weighted by Gasteiger charge is -2.36. The van der Waals surface area contributed by atoms with Crippen molar-refractivity contribution in [2.75, 3.05) is 0 Å². The molecule has 2 aromatic rings. The van der Waals surface area contributed by atoms with Crippen molar-refractivity contribution in [3.8, 4) is 29.4 Å². The van der Waals surface area contributed by atoms with E-state index in [2.05, 4.69) is 76.6 Å². The summed E-state index contributed by atoms with van der Waals surface area (Å²) in [4.78, 5) is 0. The summed E-state index contributed by atoms with van der Waals surface area (Å²) in [6.07, 6.45) is 7.33. The summed E-state index contributed by atoms with van der Waals surface area (Å²) in [6.45, 7) is 13.6. The van der Waals surface area contributed by atoms with E-state index in [9.17, 15) is 0 Å². The Kier molecular flexibility index (Phi) is 9.48. The number of hydrogen-bond acceptors (Lipinski definition) is 1. The molecular formula is C29H38OSi. The van der Waals surface area contributed by atoms with E-state index in [4.69, 9.17) is 4.43 Å². The van der Waals surface area contributed by atoms with Crippen LogP contribution in [0, 0.1) is 23.7 Å². The first kappa shape index (κ1) is 24.8. The van der Waals surface area contributed by atoms with Crippen LogP contribution in [0.3, 0.4) is 0 Å². The summed E-state index contributed by atoms with van der Waals surface area (Å²) < 4.78 is 6.54. The van der Waals surface area contributed by atoms with Crippen LogP contribution in [-0.2, 0) is 0 Å². The van der Waals surface area contributed by atoms with Crippen LogP contribution >= 0.6 is 0 Å². The number of hydrogen-bond donors (Lipinski definition) is 0. The van der Waals surface area contributed by atoms with Gasteiger partial charge in [0.15, 0.2) is 0 Å². The van der Waals surface area contributed by atoms with Crippen LogP contribution in [0.15, 0.2) is 48.5 Å². The molecule has 0 bridgehead atoms. The molecule has 0 fully saturated rings. The molecular weight excluding hydrogens is 392 g/mol. The Hall–Kier alpha value is -2.42. The van der Waals surface area contributed by atoms with Gasteiger partial charge in [-0.25, -0.2) is 0 Å². The van der Waals surface area contributed by atoms with Crippen LogP contribution < -0.4 is 4.43 Å². The zero-order chi connectivity index (χ0) is 22.7. The summed E-state index contributed by atoms with van der Waals surface area (Å²) >= 11 is 0. The van der Waals surface area contributed by atoms with Crippen LogP contribution in [-0.4, -0.2) is 8.32 Å². The van der Waals surface area contributed by atoms with Crippen LogP contribution in [0.1, 0.15) is 82.9 Å². The average molecular weight is 431 g/mol. The second kappa shape index (κ2) is 11.8. The van der Waals surface area contributed by atoms with E-state index in [0.29, 0.717) is 0 Å². The monoisotopic (exact) mass is 430 g/mol. The number of benzene rings is 2. The molecule has 31 heavy (non-hydrogen) atoms. The maximum absolute atomic E-state index is 6.54. The molecule has 164 valence electrons. The quantitative estimate of drug-likeness (QED) is 0.244. The van der Waals surface area contributed by atoms with Gasteiger partial charge in [0, 0.05) is 17.5 Å². The maximum atomic E-state index is 6.54. The molecule has 0 saturated heterocycles. The zero-order valence-corrected chi connectivity index (χ0v) is 21.3. The molecule has 0 radical (unpaired) electrons. The van der Waals surface area contributed by atoms with E-state index >= 15 is 0 Å². The van der Waals surface area contributed by atoms with Gasteiger partial charge in [-0.1, -0.05) is 101 Å². The molecule has 0 N–H and O–H groups in total. The highest BCUT2D eigenvalue weighted by atomic mass is 28.4. The summed E-state index contributed by atoms with van der Waals surface area (Å²) in [7, 11) is -1.92. The SMILES string of the molecule is CCCCCCCC#Cc1ccccc1C#Cc1ccccc1O[Si](C)(C)C(C)(C)C. The molecule has 2 rings (SSSR count). The van der Waals surface area contributed by atoms with Crippen LogP contribution in [0.2, 0.25) is 18.1 Å². The third kappa shape index (κ3) is 7.97. The zero-order valence-electron chi connectivity index (χ0n) is 20.3. The minimum absolute atomic E-state index is 0.145. The minimum atomic E-state index is -1.92. The Bertz CT molecular complexity index is 958. The van der Waals surface area contributed by atoms with E-state index in [0.717, 1.165) is 28.9 Å². The topological polar surface area (TPSA) is 9.23 Å². The molecule has 0 aliphatic carbocycles. The lowest BCUT2D eigenvalue weighted by molar-refractivity contribution is 0.491. The molecule has 0 saturated carbocycles. The number of rotatable bonds is 7. The summed E-state index contributed by atoms with van der Waals surface area (Å²) in [5.74, 6) is 14.3. The molecule has 0 aliphatic rings. The predicted octanol–water partition coefficient (Wildman–Crippen LogP) is 8.18. The minimum Gasteiger partial charge on any atom is -0.543 e. The highest BCUT2D eigenvalue weighted by Gasteiger charge is 2.39. The van der Waals surface area contributed by atoms with Crippen molar-refractivity contribution in [2.45, 2.75) is 84.4 Å². The molecule has 1 nitrogen and oxygen atoms in total. The van der Waals surface area contributed by atoms with Crippen molar-refractivity contribution in [2.24, 2.45) is 0 Å². The van der Waals surface area contributed by atoms with Gasteiger partial charge in [-0.05, 0) is 48.8 Å². The van der Waals surface area contributed by atoms with Gasteiger partial charge < -0.3 is 4.43 Å². The van der Waals surface area contributed by atoms with Gasteiger partial charge in [-0.3, -0.25) is 0 Å². The van der Waals surface area contributed by atoms with E-state index in [1.165, 1.54) is 32.1 Å². The Morgan fingerprint density at radius 1 is 0.742 bits per heavy atom. The van der Waals surface area contributed by atoms with Gasteiger partial charge in [-0.2, -0.15) is 0 Å². The first-order valence-electron chi connectivity index (χ1n) is 11.6. The molecule has 0 aliphatic heterocycles. The van der Waals surface area contributed by atoms with Crippen LogP contribution in [0.5, 0.6) is 5.75 Å². The van der Waals surface area contributed by atoms with Crippen molar-refractivity contribution in [1.82, 2.24) is 0 Å².